The molecule has 5 heteroatoms. The largest absolute Gasteiger partial charge is 0.325 e. The fourth-order valence-electron chi connectivity index (χ4n) is 1.36. The van der Waals surface area contributed by atoms with E-state index in [4.69, 9.17) is 0 Å². The lowest BCUT2D eigenvalue weighted by atomic mass is 9.93. The van der Waals surface area contributed by atoms with Crippen LogP contribution in [0.2, 0.25) is 0 Å². The van der Waals surface area contributed by atoms with Crippen LogP contribution in [0.15, 0.2) is 5.38 Å². The molecule has 0 unspecified atom stereocenters. The van der Waals surface area contributed by atoms with Crippen molar-refractivity contribution in [3.63, 3.8) is 0 Å². The number of nitrogens with one attached hydrogen (secondary N) is 1. The third kappa shape index (κ3) is 3.70. The molecule has 4 nitrogen and oxygen atoms in total. The van der Waals surface area contributed by atoms with Crippen molar-refractivity contribution in [2.24, 2.45) is 0 Å². The summed E-state index contributed by atoms with van der Waals surface area (Å²) >= 11 is 1.47. The van der Waals surface area contributed by atoms with Crippen molar-refractivity contribution in [3.8, 4) is 0 Å². The van der Waals surface area contributed by atoms with Crippen molar-refractivity contribution in [2.45, 2.75) is 40.0 Å². The Morgan fingerprint density at radius 2 is 2.00 bits per heavy atom. The number of rotatable bonds is 3. The zero-order valence-electron chi connectivity index (χ0n) is 11.2. The highest BCUT2D eigenvalue weighted by Crippen LogP contribution is 2.26. The van der Waals surface area contributed by atoms with E-state index in [2.05, 4.69) is 31.1 Å². The Labute approximate surface area is 107 Å². The van der Waals surface area contributed by atoms with E-state index in [0.717, 1.165) is 5.69 Å². The molecule has 0 aliphatic heterocycles. The van der Waals surface area contributed by atoms with Gasteiger partial charge in [-0.15, -0.1) is 11.3 Å². The van der Waals surface area contributed by atoms with Gasteiger partial charge in [-0.1, -0.05) is 20.8 Å². The minimum Gasteiger partial charge on any atom is -0.325 e. The summed E-state index contributed by atoms with van der Waals surface area (Å²) in [6, 6.07) is -0.0789. The van der Waals surface area contributed by atoms with Gasteiger partial charge in [0, 0.05) is 23.9 Å². The highest BCUT2D eigenvalue weighted by atomic mass is 32.1. The van der Waals surface area contributed by atoms with Crippen LogP contribution < -0.4 is 5.32 Å². The lowest BCUT2D eigenvalue weighted by Crippen LogP contribution is -2.34. The third-order valence-electron chi connectivity index (χ3n) is 2.54. The first-order chi connectivity index (χ1) is 7.88. The molecule has 0 bridgehead atoms. The molecule has 0 aromatic carbocycles. The van der Waals surface area contributed by atoms with E-state index in [1.165, 1.54) is 11.3 Å². The number of nitrogens with zero attached hydrogens (tertiary/aromatic N) is 2. The molecule has 1 heterocycles. The predicted octanol–water partition coefficient (Wildman–Crippen LogP) is 3.31. The first-order valence-electron chi connectivity index (χ1n) is 5.90. The minimum atomic E-state index is -0.0789. The summed E-state index contributed by atoms with van der Waals surface area (Å²) in [5.74, 6) is 0. The molecule has 2 amide bonds. The molecular weight excluding hydrogens is 234 g/mol. The monoisotopic (exact) mass is 255 g/mol. The fraction of sp³-hybridized carbons (Fsp3) is 0.667. The summed E-state index contributed by atoms with van der Waals surface area (Å²) in [6.07, 6.45) is 0. The van der Waals surface area contributed by atoms with Crippen LogP contribution in [0.1, 0.15) is 40.3 Å². The Morgan fingerprint density at radius 1 is 1.41 bits per heavy atom. The average Bonchev–Trinajstić information content (AvgIpc) is 2.67. The van der Waals surface area contributed by atoms with Crippen molar-refractivity contribution in [3.05, 3.63) is 11.1 Å². The highest BCUT2D eigenvalue weighted by Gasteiger charge is 2.18. The molecule has 0 radical (unpaired) electrons. The highest BCUT2D eigenvalue weighted by molar-refractivity contribution is 7.13. The standard InChI is InChI=1S/C12H21N3OS/c1-6-15(7-2)11(16)14-10-13-9(8-17-10)12(3,4)5/h8H,6-7H2,1-5H3,(H,13,14,16). The second-order valence-corrected chi connectivity index (χ2v) is 5.75. The van der Waals surface area contributed by atoms with Gasteiger partial charge >= 0.3 is 6.03 Å². The van der Waals surface area contributed by atoms with Crippen LogP contribution in [0.4, 0.5) is 9.93 Å². The van der Waals surface area contributed by atoms with Crippen LogP contribution in [0, 0.1) is 0 Å². The second-order valence-electron chi connectivity index (χ2n) is 4.89. The van der Waals surface area contributed by atoms with Gasteiger partial charge in [0.05, 0.1) is 5.69 Å². The van der Waals surface area contributed by atoms with Crippen LogP contribution in [-0.2, 0) is 5.41 Å². The number of thiazole rings is 1. The molecule has 1 rings (SSSR count). The average molecular weight is 255 g/mol. The Bertz CT molecular complexity index is 377. The number of hydrogen-bond acceptors (Lipinski definition) is 3. The van der Waals surface area contributed by atoms with Crippen LogP contribution in [0.25, 0.3) is 0 Å². The van der Waals surface area contributed by atoms with E-state index in [-0.39, 0.29) is 11.4 Å². The van der Waals surface area contributed by atoms with Crippen molar-refractivity contribution < 1.29 is 4.79 Å². The van der Waals surface area contributed by atoms with Crippen molar-refractivity contribution in [1.82, 2.24) is 9.88 Å². The number of hydrogen-bond donors (Lipinski definition) is 1. The minimum absolute atomic E-state index is 0.0225. The van der Waals surface area contributed by atoms with Gasteiger partial charge in [0.25, 0.3) is 0 Å². The predicted molar refractivity (Wildman–Crippen MR) is 72.8 cm³/mol. The van der Waals surface area contributed by atoms with E-state index < -0.39 is 0 Å². The van der Waals surface area contributed by atoms with E-state index in [9.17, 15) is 4.79 Å². The van der Waals surface area contributed by atoms with Crippen LogP contribution in [0.5, 0.6) is 0 Å². The molecule has 17 heavy (non-hydrogen) atoms. The van der Waals surface area contributed by atoms with Crippen molar-refractivity contribution in [2.75, 3.05) is 18.4 Å². The first kappa shape index (κ1) is 14.0. The second kappa shape index (κ2) is 5.49. The van der Waals surface area contributed by atoms with Crippen molar-refractivity contribution in [1.29, 1.82) is 0 Å². The number of anilines is 1. The Hall–Kier alpha value is -1.10. The lowest BCUT2D eigenvalue weighted by Gasteiger charge is -2.18. The molecule has 0 aliphatic carbocycles. The molecule has 0 saturated carbocycles. The van der Waals surface area contributed by atoms with Gasteiger partial charge in [-0.05, 0) is 13.8 Å². The van der Waals surface area contributed by atoms with Crippen LogP contribution >= 0.6 is 11.3 Å². The molecule has 1 N–H and O–H groups in total. The zero-order chi connectivity index (χ0) is 13.1. The topological polar surface area (TPSA) is 45.2 Å². The third-order valence-corrected chi connectivity index (χ3v) is 3.29. The molecular formula is C12H21N3OS. The zero-order valence-corrected chi connectivity index (χ0v) is 12.0. The van der Waals surface area contributed by atoms with E-state index in [0.29, 0.717) is 18.2 Å². The van der Waals surface area contributed by atoms with Crippen LogP contribution in [-0.4, -0.2) is 29.0 Å². The van der Waals surface area contributed by atoms with Gasteiger partial charge in [0.15, 0.2) is 5.13 Å². The molecule has 0 spiro atoms. The molecule has 0 fully saturated rings. The van der Waals surface area contributed by atoms with Crippen molar-refractivity contribution >= 4 is 22.5 Å². The summed E-state index contributed by atoms with van der Waals surface area (Å²) < 4.78 is 0. The van der Waals surface area contributed by atoms with E-state index in [1.807, 2.05) is 19.2 Å². The summed E-state index contributed by atoms with van der Waals surface area (Å²) in [4.78, 5) is 18.0. The van der Waals surface area contributed by atoms with Gasteiger partial charge in [-0.2, -0.15) is 0 Å². The summed E-state index contributed by atoms with van der Waals surface area (Å²) in [6.45, 7) is 11.7. The Morgan fingerprint density at radius 3 is 2.41 bits per heavy atom. The fourth-order valence-corrected chi connectivity index (χ4v) is 2.28. The molecule has 0 atom stereocenters. The number of urea groups is 1. The smallest absolute Gasteiger partial charge is 0.323 e. The summed E-state index contributed by atoms with van der Waals surface area (Å²) in [7, 11) is 0. The van der Waals surface area contributed by atoms with E-state index >= 15 is 0 Å². The van der Waals surface area contributed by atoms with Gasteiger partial charge in [-0.3, -0.25) is 5.32 Å². The SMILES string of the molecule is CCN(CC)C(=O)Nc1nc(C(C)(C)C)cs1. The summed E-state index contributed by atoms with van der Waals surface area (Å²) in [5, 5.41) is 5.50. The Kier molecular flexibility index (Phi) is 4.51. The summed E-state index contributed by atoms with van der Waals surface area (Å²) in [5.41, 5.74) is 1.03. The molecule has 0 saturated heterocycles. The molecule has 96 valence electrons. The first-order valence-corrected chi connectivity index (χ1v) is 6.78. The Balaban J connectivity index is 2.70. The van der Waals surface area contributed by atoms with Gasteiger partial charge in [0.2, 0.25) is 0 Å². The number of carbonyl (C=O) groups is 1. The number of carbonyl (C=O) groups excluding carboxylic acids is 1. The quantitative estimate of drug-likeness (QED) is 0.900. The molecule has 1 aromatic rings. The maximum atomic E-state index is 11.8. The van der Waals surface area contributed by atoms with Gasteiger partial charge in [0.1, 0.15) is 0 Å². The van der Waals surface area contributed by atoms with Gasteiger partial charge < -0.3 is 4.90 Å². The number of amides is 2. The van der Waals surface area contributed by atoms with Gasteiger partial charge in [-0.25, -0.2) is 9.78 Å². The number of aromatic nitrogens is 1. The lowest BCUT2D eigenvalue weighted by molar-refractivity contribution is 0.217. The maximum absolute atomic E-state index is 11.8. The normalized spacial score (nSPS) is 11.4. The molecule has 0 aliphatic rings. The maximum Gasteiger partial charge on any atom is 0.323 e. The molecule has 1 aromatic heterocycles. The van der Waals surface area contributed by atoms with E-state index in [1.54, 1.807) is 4.90 Å². The van der Waals surface area contributed by atoms with Crippen LogP contribution in [0.3, 0.4) is 0 Å².